The van der Waals surface area contributed by atoms with Gasteiger partial charge in [-0.1, -0.05) is 17.7 Å². The smallest absolute Gasteiger partial charge is 0.243 e. The Morgan fingerprint density at radius 3 is 2.67 bits per heavy atom. The first-order chi connectivity index (χ1) is 9.43. The van der Waals surface area contributed by atoms with E-state index in [1.807, 2.05) is 13.0 Å². The number of aryl methyl sites for hydroxylation is 1. The van der Waals surface area contributed by atoms with Gasteiger partial charge in [-0.15, -0.1) is 12.4 Å². The van der Waals surface area contributed by atoms with E-state index in [0.717, 1.165) is 5.56 Å². The summed E-state index contributed by atoms with van der Waals surface area (Å²) in [4.78, 5) is 23.2. The van der Waals surface area contributed by atoms with Gasteiger partial charge < -0.3 is 21.1 Å². The maximum atomic E-state index is 11.7. The summed E-state index contributed by atoms with van der Waals surface area (Å²) in [6, 6.07) is 4.48. The van der Waals surface area contributed by atoms with Crippen molar-refractivity contribution in [1.29, 1.82) is 0 Å². The first-order valence-corrected chi connectivity index (χ1v) is 6.40. The van der Waals surface area contributed by atoms with Crippen molar-refractivity contribution >= 4 is 41.5 Å². The number of carbonyl (C=O) groups excluding carboxylic acids is 2. The predicted octanol–water partition coefficient (Wildman–Crippen LogP) is 1.10. The van der Waals surface area contributed by atoms with Crippen LogP contribution >= 0.6 is 24.0 Å². The lowest BCUT2D eigenvalue weighted by molar-refractivity contribution is -0.126. The molecule has 1 aromatic rings. The van der Waals surface area contributed by atoms with Crippen molar-refractivity contribution in [1.82, 2.24) is 5.32 Å². The zero-order chi connectivity index (χ0) is 15.1. The van der Waals surface area contributed by atoms with Crippen molar-refractivity contribution in [3.63, 3.8) is 0 Å². The van der Waals surface area contributed by atoms with E-state index in [1.54, 1.807) is 12.1 Å². The summed E-state index contributed by atoms with van der Waals surface area (Å²) in [5.74, 6) is -0.828. The van der Waals surface area contributed by atoms with Crippen molar-refractivity contribution in [3.05, 3.63) is 28.8 Å². The van der Waals surface area contributed by atoms with E-state index >= 15 is 0 Å². The number of methoxy groups -OCH3 is 1. The van der Waals surface area contributed by atoms with Gasteiger partial charge in [0, 0.05) is 7.11 Å². The highest BCUT2D eigenvalue weighted by atomic mass is 35.5. The number of anilines is 1. The van der Waals surface area contributed by atoms with Gasteiger partial charge in [0.2, 0.25) is 11.8 Å². The minimum Gasteiger partial charge on any atom is -0.383 e. The molecule has 6 nitrogen and oxygen atoms in total. The molecule has 1 atom stereocenters. The third-order valence-corrected chi connectivity index (χ3v) is 2.82. The molecule has 0 fully saturated rings. The van der Waals surface area contributed by atoms with E-state index < -0.39 is 11.9 Å². The van der Waals surface area contributed by atoms with Crippen molar-refractivity contribution in [2.45, 2.75) is 13.0 Å². The average Bonchev–Trinajstić information content (AvgIpc) is 2.39. The Morgan fingerprint density at radius 2 is 2.10 bits per heavy atom. The number of carbonyl (C=O) groups is 2. The monoisotopic (exact) mass is 335 g/mol. The molecule has 21 heavy (non-hydrogen) atoms. The fourth-order valence-corrected chi connectivity index (χ4v) is 1.75. The summed E-state index contributed by atoms with van der Waals surface area (Å²) in [6.45, 7) is 1.81. The number of hydrogen-bond donors (Lipinski definition) is 3. The minimum atomic E-state index is -0.796. The molecule has 0 saturated carbocycles. The Bertz CT molecular complexity index is 498. The molecular formula is C13H19Cl2N3O3. The van der Waals surface area contributed by atoms with Crippen LogP contribution in [0.5, 0.6) is 0 Å². The van der Waals surface area contributed by atoms with Crippen molar-refractivity contribution in [2.24, 2.45) is 5.73 Å². The molecule has 1 unspecified atom stereocenters. The fourth-order valence-electron chi connectivity index (χ4n) is 1.47. The van der Waals surface area contributed by atoms with Crippen LogP contribution < -0.4 is 16.4 Å². The largest absolute Gasteiger partial charge is 0.383 e. The van der Waals surface area contributed by atoms with Crippen LogP contribution in [0.15, 0.2) is 18.2 Å². The van der Waals surface area contributed by atoms with Gasteiger partial charge in [-0.3, -0.25) is 9.59 Å². The molecule has 0 spiro atoms. The maximum Gasteiger partial charge on any atom is 0.243 e. The highest BCUT2D eigenvalue weighted by Crippen LogP contribution is 2.22. The number of hydrogen-bond acceptors (Lipinski definition) is 4. The quantitative estimate of drug-likeness (QED) is 0.725. The van der Waals surface area contributed by atoms with Crippen LogP contribution in [-0.4, -0.2) is 38.1 Å². The molecule has 0 heterocycles. The summed E-state index contributed by atoms with van der Waals surface area (Å²) in [7, 11) is 1.44. The molecule has 1 rings (SSSR count). The second-order valence-electron chi connectivity index (χ2n) is 4.31. The zero-order valence-corrected chi connectivity index (χ0v) is 13.4. The topological polar surface area (TPSA) is 93.4 Å². The number of rotatable bonds is 6. The molecule has 4 N–H and O–H groups in total. The first kappa shape index (κ1) is 19.7. The number of ether oxygens (including phenoxy) is 1. The van der Waals surface area contributed by atoms with Gasteiger partial charge in [0.1, 0.15) is 6.04 Å². The Kier molecular flexibility index (Phi) is 8.96. The van der Waals surface area contributed by atoms with E-state index in [0.29, 0.717) is 10.7 Å². The van der Waals surface area contributed by atoms with Gasteiger partial charge in [-0.2, -0.15) is 0 Å². The van der Waals surface area contributed by atoms with E-state index in [9.17, 15) is 9.59 Å². The number of benzene rings is 1. The van der Waals surface area contributed by atoms with Crippen LogP contribution in [0.25, 0.3) is 0 Å². The van der Waals surface area contributed by atoms with E-state index in [2.05, 4.69) is 10.6 Å². The molecule has 0 aliphatic carbocycles. The van der Waals surface area contributed by atoms with Crippen LogP contribution in [0, 0.1) is 6.92 Å². The van der Waals surface area contributed by atoms with Gasteiger partial charge in [-0.25, -0.2) is 0 Å². The molecule has 0 saturated heterocycles. The highest BCUT2D eigenvalue weighted by Gasteiger charge is 2.14. The maximum absolute atomic E-state index is 11.7. The number of amides is 2. The van der Waals surface area contributed by atoms with Gasteiger partial charge in [0.15, 0.2) is 0 Å². The molecule has 2 amide bonds. The molecule has 0 aliphatic heterocycles. The standard InChI is InChI=1S/C13H18ClN3O3.ClH/c1-8-3-4-11(9(14)5-8)17-12(18)6-16-13(19)10(15)7-20-2;/h3-5,10H,6-7,15H2,1-2H3,(H,16,19)(H,17,18);1H. The van der Waals surface area contributed by atoms with Crippen LogP contribution in [0.4, 0.5) is 5.69 Å². The third kappa shape index (κ3) is 6.77. The van der Waals surface area contributed by atoms with E-state index in [4.69, 9.17) is 22.1 Å². The number of halogens is 2. The molecular weight excluding hydrogens is 317 g/mol. The average molecular weight is 336 g/mol. The lowest BCUT2D eigenvalue weighted by Gasteiger charge is -2.12. The summed E-state index contributed by atoms with van der Waals surface area (Å²) in [5, 5.41) is 5.47. The Labute approximate surface area is 134 Å². The van der Waals surface area contributed by atoms with Crippen LogP contribution in [-0.2, 0) is 14.3 Å². The van der Waals surface area contributed by atoms with Crippen LogP contribution in [0.1, 0.15) is 5.56 Å². The van der Waals surface area contributed by atoms with Gasteiger partial charge >= 0.3 is 0 Å². The summed E-state index contributed by atoms with van der Waals surface area (Å²) < 4.78 is 4.75. The van der Waals surface area contributed by atoms with Gasteiger partial charge in [-0.05, 0) is 24.6 Å². The van der Waals surface area contributed by atoms with E-state index in [1.165, 1.54) is 7.11 Å². The second kappa shape index (κ2) is 9.57. The lowest BCUT2D eigenvalue weighted by Crippen LogP contribution is -2.45. The minimum absolute atomic E-state index is 0. The van der Waals surface area contributed by atoms with Gasteiger partial charge in [0.25, 0.3) is 0 Å². The summed E-state index contributed by atoms with van der Waals surface area (Å²) >= 11 is 5.99. The molecule has 1 aromatic carbocycles. The summed E-state index contributed by atoms with van der Waals surface area (Å²) in [6.07, 6.45) is 0. The van der Waals surface area contributed by atoms with Gasteiger partial charge in [0.05, 0.1) is 23.9 Å². The third-order valence-electron chi connectivity index (χ3n) is 2.50. The normalized spacial score (nSPS) is 11.2. The van der Waals surface area contributed by atoms with Crippen LogP contribution in [0.2, 0.25) is 5.02 Å². The zero-order valence-electron chi connectivity index (χ0n) is 11.8. The molecule has 0 radical (unpaired) electrons. The van der Waals surface area contributed by atoms with E-state index in [-0.39, 0.29) is 31.5 Å². The molecule has 8 heteroatoms. The fraction of sp³-hybridized carbons (Fsp3) is 0.385. The lowest BCUT2D eigenvalue weighted by atomic mass is 10.2. The van der Waals surface area contributed by atoms with Crippen molar-refractivity contribution in [2.75, 3.05) is 25.6 Å². The van der Waals surface area contributed by atoms with Crippen molar-refractivity contribution in [3.8, 4) is 0 Å². The molecule has 0 bridgehead atoms. The Balaban J connectivity index is 0.00000400. The SMILES string of the molecule is COCC(N)C(=O)NCC(=O)Nc1ccc(C)cc1Cl.Cl. The number of nitrogens with two attached hydrogens (primary N) is 1. The first-order valence-electron chi connectivity index (χ1n) is 6.02. The second-order valence-corrected chi connectivity index (χ2v) is 4.72. The van der Waals surface area contributed by atoms with Crippen molar-refractivity contribution < 1.29 is 14.3 Å². The molecule has 0 aromatic heterocycles. The Hall–Kier alpha value is -1.34. The van der Waals surface area contributed by atoms with Crippen LogP contribution in [0.3, 0.4) is 0 Å². The summed E-state index contributed by atoms with van der Waals surface area (Å²) in [5.41, 5.74) is 7.01. The number of nitrogens with one attached hydrogen (secondary N) is 2. The predicted molar refractivity (Wildman–Crippen MR) is 84.9 cm³/mol. The molecule has 0 aliphatic rings. The highest BCUT2D eigenvalue weighted by molar-refractivity contribution is 6.33. The Morgan fingerprint density at radius 1 is 1.43 bits per heavy atom. The molecule has 118 valence electrons.